The molecule has 2 aromatic rings. The van der Waals surface area contributed by atoms with Gasteiger partial charge in [0.15, 0.2) is 0 Å². The quantitative estimate of drug-likeness (QED) is 0.677. The molecule has 0 radical (unpaired) electrons. The molecule has 5 heteroatoms. The van der Waals surface area contributed by atoms with E-state index in [2.05, 4.69) is 0 Å². The molecule has 1 heterocycles. The van der Waals surface area contributed by atoms with Gasteiger partial charge in [0.25, 0.3) is 0 Å². The summed E-state index contributed by atoms with van der Waals surface area (Å²) in [5.74, 6) is -1.87. The van der Waals surface area contributed by atoms with Gasteiger partial charge in [0, 0.05) is 11.6 Å². The molecule has 0 saturated heterocycles. The molecule has 0 unspecified atom stereocenters. The van der Waals surface area contributed by atoms with Crippen LogP contribution in [0.5, 0.6) is 0 Å². The Hall–Kier alpha value is -1.78. The molecule has 1 aromatic heterocycles. The Morgan fingerprint density at radius 1 is 1.25 bits per heavy atom. The Morgan fingerprint density at radius 3 is 2.56 bits per heavy atom. The number of aryl methyl sites for hydroxylation is 1. The molecule has 2 nitrogen and oxygen atoms in total. The van der Waals surface area contributed by atoms with Crippen molar-refractivity contribution in [2.24, 2.45) is 0 Å². The lowest BCUT2D eigenvalue weighted by Crippen LogP contribution is -2.28. The highest BCUT2D eigenvalue weighted by Gasteiger charge is 2.40. The van der Waals surface area contributed by atoms with Crippen molar-refractivity contribution in [2.75, 3.05) is 0 Å². The number of halogens is 3. The fourth-order valence-electron chi connectivity index (χ4n) is 1.64. The molecule has 0 amide bonds. The number of alkyl halides is 3. The van der Waals surface area contributed by atoms with Crippen molar-refractivity contribution in [3.8, 4) is 0 Å². The second-order valence-electron chi connectivity index (χ2n) is 3.50. The van der Waals surface area contributed by atoms with Crippen LogP contribution in [-0.4, -0.2) is 16.7 Å². The zero-order valence-electron chi connectivity index (χ0n) is 8.38. The van der Waals surface area contributed by atoms with E-state index in [1.54, 1.807) is 19.1 Å². The third-order valence-electron chi connectivity index (χ3n) is 2.41. The number of aromatic nitrogens is 1. The maximum absolute atomic E-state index is 12.3. The predicted molar refractivity (Wildman–Crippen MR) is 53.4 cm³/mol. The summed E-state index contributed by atoms with van der Waals surface area (Å²) in [4.78, 5) is 11.1. The van der Waals surface area contributed by atoms with Crippen LogP contribution in [0, 0.1) is 6.92 Å². The zero-order chi connectivity index (χ0) is 11.9. The molecule has 0 atom stereocenters. The lowest BCUT2D eigenvalue weighted by Gasteiger charge is -2.07. The van der Waals surface area contributed by atoms with Gasteiger partial charge >= 0.3 is 12.1 Å². The average molecular weight is 227 g/mol. The van der Waals surface area contributed by atoms with Crippen molar-refractivity contribution in [3.05, 3.63) is 36.0 Å². The number of rotatable bonds is 0. The largest absolute Gasteiger partial charge is 0.472 e. The molecular formula is C11H8F3NO. The van der Waals surface area contributed by atoms with Gasteiger partial charge in [-0.15, -0.1) is 0 Å². The van der Waals surface area contributed by atoms with Crippen molar-refractivity contribution < 1.29 is 18.0 Å². The molecular weight excluding hydrogens is 219 g/mol. The molecule has 0 bridgehead atoms. The van der Waals surface area contributed by atoms with Crippen LogP contribution in [0.4, 0.5) is 13.2 Å². The number of hydrogen-bond acceptors (Lipinski definition) is 1. The van der Waals surface area contributed by atoms with Gasteiger partial charge in [0.05, 0.1) is 5.52 Å². The Balaban J connectivity index is 2.64. The second kappa shape index (κ2) is 3.37. The first kappa shape index (κ1) is 10.7. The topological polar surface area (TPSA) is 22.0 Å². The van der Waals surface area contributed by atoms with Gasteiger partial charge in [-0.3, -0.25) is 9.36 Å². The molecule has 2 rings (SSSR count). The SMILES string of the molecule is Cc1cccc2c1ccn2C(=O)C(F)(F)F. The van der Waals surface area contributed by atoms with E-state index in [-0.39, 0.29) is 5.52 Å². The zero-order valence-corrected chi connectivity index (χ0v) is 8.38. The summed E-state index contributed by atoms with van der Waals surface area (Å²) in [5, 5.41) is 0.653. The summed E-state index contributed by atoms with van der Waals surface area (Å²) in [5.41, 5.74) is 1.12. The van der Waals surface area contributed by atoms with Crippen molar-refractivity contribution in [1.82, 2.24) is 4.57 Å². The molecule has 0 fully saturated rings. The van der Waals surface area contributed by atoms with Gasteiger partial charge in [-0.2, -0.15) is 13.2 Å². The third-order valence-corrected chi connectivity index (χ3v) is 2.41. The van der Waals surface area contributed by atoms with Crippen LogP contribution in [-0.2, 0) is 0 Å². The van der Waals surface area contributed by atoms with Gasteiger partial charge in [-0.1, -0.05) is 12.1 Å². The Kier molecular flexibility index (Phi) is 2.26. The number of carbonyl (C=O) groups excluding carboxylic acids is 1. The van der Waals surface area contributed by atoms with Crippen LogP contribution in [0.3, 0.4) is 0 Å². The van der Waals surface area contributed by atoms with E-state index in [1.807, 2.05) is 0 Å². The summed E-state index contributed by atoms with van der Waals surface area (Å²) >= 11 is 0. The number of hydrogen-bond donors (Lipinski definition) is 0. The Morgan fingerprint density at radius 2 is 1.94 bits per heavy atom. The highest BCUT2D eigenvalue weighted by Crippen LogP contribution is 2.24. The van der Waals surface area contributed by atoms with Gasteiger partial charge in [0.1, 0.15) is 0 Å². The lowest BCUT2D eigenvalue weighted by molar-refractivity contribution is -0.0942. The van der Waals surface area contributed by atoms with Crippen LogP contribution in [0.1, 0.15) is 10.4 Å². The molecule has 0 saturated carbocycles. The van der Waals surface area contributed by atoms with Crippen LogP contribution >= 0.6 is 0 Å². The molecule has 0 spiro atoms. The maximum Gasteiger partial charge on any atom is 0.472 e. The fraction of sp³-hybridized carbons (Fsp3) is 0.182. The average Bonchev–Trinajstić information content (AvgIpc) is 2.60. The highest BCUT2D eigenvalue weighted by atomic mass is 19.4. The van der Waals surface area contributed by atoms with E-state index in [4.69, 9.17) is 0 Å². The second-order valence-corrected chi connectivity index (χ2v) is 3.50. The van der Waals surface area contributed by atoms with Crippen molar-refractivity contribution in [3.63, 3.8) is 0 Å². The molecule has 1 aromatic carbocycles. The summed E-state index contributed by atoms with van der Waals surface area (Å²) in [7, 11) is 0. The van der Waals surface area contributed by atoms with E-state index in [0.29, 0.717) is 9.95 Å². The standard InChI is InChI=1S/C11H8F3NO/c1-7-3-2-4-9-8(7)5-6-15(9)10(16)11(12,13)14/h2-6H,1H3. The first-order chi connectivity index (χ1) is 7.41. The van der Waals surface area contributed by atoms with Gasteiger partial charge in [-0.25, -0.2) is 0 Å². The van der Waals surface area contributed by atoms with E-state index in [9.17, 15) is 18.0 Å². The normalized spacial score (nSPS) is 12.0. The minimum atomic E-state index is -4.85. The van der Waals surface area contributed by atoms with Crippen LogP contribution in [0.15, 0.2) is 30.5 Å². The molecule has 0 aliphatic heterocycles. The Labute approximate surface area is 89.3 Å². The molecule has 0 aliphatic rings. The minimum Gasteiger partial charge on any atom is -0.279 e. The number of fused-ring (bicyclic) bond motifs is 1. The van der Waals surface area contributed by atoms with Gasteiger partial charge in [-0.05, 0) is 24.6 Å². The summed E-state index contributed by atoms with van der Waals surface area (Å²) in [6.45, 7) is 1.78. The van der Waals surface area contributed by atoms with Crippen LogP contribution in [0.2, 0.25) is 0 Å². The fourth-order valence-corrected chi connectivity index (χ4v) is 1.64. The lowest BCUT2D eigenvalue weighted by atomic mass is 10.1. The smallest absolute Gasteiger partial charge is 0.279 e. The first-order valence-corrected chi connectivity index (χ1v) is 4.59. The van der Waals surface area contributed by atoms with Crippen molar-refractivity contribution in [1.29, 1.82) is 0 Å². The maximum atomic E-state index is 12.3. The van der Waals surface area contributed by atoms with E-state index in [1.165, 1.54) is 12.1 Å². The summed E-state index contributed by atoms with van der Waals surface area (Å²) in [6, 6.07) is 6.41. The van der Waals surface area contributed by atoms with Gasteiger partial charge < -0.3 is 0 Å². The number of benzene rings is 1. The van der Waals surface area contributed by atoms with Crippen molar-refractivity contribution >= 4 is 16.8 Å². The molecule has 0 N–H and O–H groups in total. The van der Waals surface area contributed by atoms with Crippen molar-refractivity contribution in [2.45, 2.75) is 13.1 Å². The highest BCUT2D eigenvalue weighted by molar-refractivity contribution is 5.96. The van der Waals surface area contributed by atoms with E-state index in [0.717, 1.165) is 11.8 Å². The third kappa shape index (κ3) is 1.58. The summed E-state index contributed by atoms with van der Waals surface area (Å²) in [6.07, 6.45) is -3.71. The van der Waals surface area contributed by atoms with Crippen LogP contribution < -0.4 is 0 Å². The number of carbonyl (C=O) groups is 1. The van der Waals surface area contributed by atoms with E-state index >= 15 is 0 Å². The molecule has 16 heavy (non-hydrogen) atoms. The minimum absolute atomic E-state index is 0.280. The monoisotopic (exact) mass is 227 g/mol. The van der Waals surface area contributed by atoms with Crippen LogP contribution in [0.25, 0.3) is 10.9 Å². The molecule has 84 valence electrons. The van der Waals surface area contributed by atoms with Gasteiger partial charge in [0.2, 0.25) is 0 Å². The Bertz CT molecular complexity index is 554. The number of nitrogens with zero attached hydrogens (tertiary/aromatic N) is 1. The predicted octanol–water partition coefficient (Wildman–Crippen LogP) is 3.15. The van der Waals surface area contributed by atoms with E-state index < -0.39 is 12.1 Å². The summed E-state index contributed by atoms with van der Waals surface area (Å²) < 4.78 is 37.4. The molecule has 0 aliphatic carbocycles. The first-order valence-electron chi connectivity index (χ1n) is 4.59.